The number of esters is 1. The van der Waals surface area contributed by atoms with Crippen LogP contribution in [-0.4, -0.2) is 37.7 Å². The first kappa shape index (κ1) is 18.7. The number of unbranched alkanes of at least 4 members (excludes halogenated alkanes) is 1. The van der Waals surface area contributed by atoms with Crippen LogP contribution in [0, 0.1) is 5.92 Å². The van der Waals surface area contributed by atoms with E-state index < -0.39 is 0 Å². The third-order valence-corrected chi connectivity index (χ3v) is 4.13. The van der Waals surface area contributed by atoms with Crippen LogP contribution in [0.2, 0.25) is 0 Å². The molecule has 1 aromatic rings. The van der Waals surface area contributed by atoms with Crippen molar-refractivity contribution in [3.05, 3.63) is 35.9 Å². The Morgan fingerprint density at radius 1 is 1.18 bits per heavy atom. The second kappa shape index (κ2) is 9.62. The zero-order valence-electron chi connectivity index (χ0n) is 14.7. The summed E-state index contributed by atoms with van der Waals surface area (Å²) in [5.74, 6) is 0.0559. The molecular formula is C19H32NO2+. The molecule has 0 saturated carbocycles. The van der Waals surface area contributed by atoms with Gasteiger partial charge in [0.1, 0.15) is 19.7 Å². The zero-order valence-corrected chi connectivity index (χ0v) is 14.7. The van der Waals surface area contributed by atoms with Crippen molar-refractivity contribution in [3.63, 3.8) is 0 Å². The Morgan fingerprint density at radius 2 is 1.86 bits per heavy atom. The Hall–Kier alpha value is -1.35. The highest BCUT2D eigenvalue weighted by atomic mass is 16.5. The van der Waals surface area contributed by atoms with Crippen molar-refractivity contribution in [2.24, 2.45) is 5.92 Å². The normalized spacial score (nSPS) is 12.9. The summed E-state index contributed by atoms with van der Waals surface area (Å²) in [5, 5.41) is 0. The van der Waals surface area contributed by atoms with Crippen LogP contribution < -0.4 is 0 Å². The van der Waals surface area contributed by atoms with Gasteiger partial charge >= 0.3 is 5.97 Å². The highest BCUT2D eigenvalue weighted by molar-refractivity contribution is 5.72. The van der Waals surface area contributed by atoms with Crippen molar-refractivity contribution in [3.8, 4) is 0 Å². The maximum Gasteiger partial charge on any atom is 0.309 e. The van der Waals surface area contributed by atoms with Crippen LogP contribution in [0.3, 0.4) is 0 Å². The molecule has 1 rings (SSSR count). The van der Waals surface area contributed by atoms with Gasteiger partial charge in [-0.1, -0.05) is 57.0 Å². The van der Waals surface area contributed by atoms with Crippen LogP contribution in [0.5, 0.6) is 0 Å². The minimum Gasteiger partial charge on any atom is -0.459 e. The second-order valence-corrected chi connectivity index (χ2v) is 6.72. The molecule has 0 N–H and O–H groups in total. The van der Waals surface area contributed by atoms with E-state index in [4.69, 9.17) is 4.74 Å². The SMILES string of the molecule is CCCCC(CC)C(=O)OCC[N+](C)(C)Cc1ccccc1. The van der Waals surface area contributed by atoms with Crippen molar-refractivity contribution in [2.75, 3.05) is 27.2 Å². The molecule has 0 aliphatic heterocycles. The minimum absolute atomic E-state index is 0.0179. The van der Waals surface area contributed by atoms with E-state index in [1.807, 2.05) is 6.07 Å². The molecule has 1 aromatic carbocycles. The van der Waals surface area contributed by atoms with Crippen LogP contribution in [-0.2, 0) is 16.1 Å². The molecule has 3 nitrogen and oxygen atoms in total. The molecule has 0 heterocycles. The number of hydrogen-bond acceptors (Lipinski definition) is 2. The van der Waals surface area contributed by atoms with E-state index in [1.54, 1.807) is 0 Å². The number of rotatable bonds is 10. The lowest BCUT2D eigenvalue weighted by Gasteiger charge is -2.29. The van der Waals surface area contributed by atoms with Crippen molar-refractivity contribution in [1.82, 2.24) is 0 Å². The third-order valence-electron chi connectivity index (χ3n) is 4.13. The number of quaternary nitrogens is 1. The van der Waals surface area contributed by atoms with Gasteiger partial charge in [0, 0.05) is 5.56 Å². The van der Waals surface area contributed by atoms with E-state index in [-0.39, 0.29) is 11.9 Å². The van der Waals surface area contributed by atoms with Gasteiger partial charge in [-0.3, -0.25) is 4.79 Å². The molecule has 0 aliphatic rings. The van der Waals surface area contributed by atoms with Crippen LogP contribution in [0.4, 0.5) is 0 Å². The third kappa shape index (κ3) is 7.08. The highest BCUT2D eigenvalue weighted by Crippen LogP contribution is 2.15. The molecule has 0 bridgehead atoms. The molecule has 124 valence electrons. The molecule has 0 radical (unpaired) electrons. The van der Waals surface area contributed by atoms with Crippen molar-refractivity contribution in [2.45, 2.75) is 46.1 Å². The first-order chi connectivity index (χ1) is 10.5. The molecule has 0 aliphatic carbocycles. The highest BCUT2D eigenvalue weighted by Gasteiger charge is 2.20. The van der Waals surface area contributed by atoms with Gasteiger partial charge < -0.3 is 9.22 Å². The Balaban J connectivity index is 2.36. The summed E-state index contributed by atoms with van der Waals surface area (Å²) < 4.78 is 6.33. The Labute approximate surface area is 135 Å². The van der Waals surface area contributed by atoms with Gasteiger partial charge in [-0.25, -0.2) is 0 Å². The van der Waals surface area contributed by atoms with Crippen LogP contribution in [0.1, 0.15) is 45.1 Å². The lowest BCUT2D eigenvalue weighted by Crippen LogP contribution is -2.42. The monoisotopic (exact) mass is 306 g/mol. The Bertz CT molecular complexity index is 428. The van der Waals surface area contributed by atoms with E-state index in [1.165, 1.54) is 5.56 Å². The summed E-state index contributed by atoms with van der Waals surface area (Å²) in [5.41, 5.74) is 1.31. The van der Waals surface area contributed by atoms with Crippen molar-refractivity contribution >= 4 is 5.97 Å². The first-order valence-electron chi connectivity index (χ1n) is 8.51. The molecule has 3 heteroatoms. The molecule has 0 saturated heterocycles. The quantitative estimate of drug-likeness (QED) is 0.482. The number of benzene rings is 1. The molecule has 0 spiro atoms. The number of carbonyl (C=O) groups is 1. The Kier molecular flexibility index (Phi) is 8.18. The van der Waals surface area contributed by atoms with Crippen molar-refractivity contribution < 1.29 is 14.0 Å². The van der Waals surface area contributed by atoms with Gasteiger partial charge in [0.2, 0.25) is 0 Å². The molecule has 1 atom stereocenters. The summed E-state index contributed by atoms with van der Waals surface area (Å²) in [6, 6.07) is 10.4. The number of likely N-dealkylation sites (N-methyl/N-ethyl adjacent to an activating group) is 1. The van der Waals surface area contributed by atoms with E-state index >= 15 is 0 Å². The minimum atomic E-state index is -0.0179. The molecular weight excluding hydrogens is 274 g/mol. The number of nitrogens with zero attached hydrogens (tertiary/aromatic N) is 1. The molecule has 0 amide bonds. The van der Waals surface area contributed by atoms with Gasteiger partial charge in [0.05, 0.1) is 20.0 Å². The van der Waals surface area contributed by atoms with Gasteiger partial charge in [0.25, 0.3) is 0 Å². The van der Waals surface area contributed by atoms with E-state index in [9.17, 15) is 4.79 Å². The summed E-state index contributed by atoms with van der Waals surface area (Å²) in [4.78, 5) is 12.1. The second-order valence-electron chi connectivity index (χ2n) is 6.72. The van der Waals surface area contributed by atoms with Gasteiger partial charge in [-0.15, -0.1) is 0 Å². The fraction of sp³-hybridized carbons (Fsp3) is 0.632. The summed E-state index contributed by atoms with van der Waals surface area (Å²) >= 11 is 0. The zero-order chi connectivity index (χ0) is 16.4. The van der Waals surface area contributed by atoms with Gasteiger partial charge in [-0.2, -0.15) is 0 Å². The number of hydrogen-bond donors (Lipinski definition) is 0. The summed E-state index contributed by atoms with van der Waals surface area (Å²) in [6.45, 7) is 6.51. The number of carbonyl (C=O) groups excluding carboxylic acids is 1. The number of ether oxygens (including phenoxy) is 1. The fourth-order valence-corrected chi connectivity index (χ4v) is 2.61. The van der Waals surface area contributed by atoms with Crippen LogP contribution in [0.15, 0.2) is 30.3 Å². The van der Waals surface area contributed by atoms with Gasteiger partial charge in [-0.05, 0) is 12.8 Å². The lowest BCUT2D eigenvalue weighted by molar-refractivity contribution is -0.903. The molecule has 0 fully saturated rings. The maximum atomic E-state index is 12.1. The van der Waals surface area contributed by atoms with Crippen LogP contribution >= 0.6 is 0 Å². The summed E-state index contributed by atoms with van der Waals surface area (Å²) in [6.07, 6.45) is 4.06. The van der Waals surface area contributed by atoms with E-state index in [0.717, 1.165) is 43.3 Å². The largest absolute Gasteiger partial charge is 0.459 e. The standard InChI is InChI=1S/C19H32NO2/c1-5-7-13-18(6-2)19(21)22-15-14-20(3,4)16-17-11-9-8-10-12-17/h8-12,18H,5-7,13-16H2,1-4H3/q+1. The van der Waals surface area contributed by atoms with Crippen molar-refractivity contribution in [1.29, 1.82) is 0 Å². The van der Waals surface area contributed by atoms with E-state index in [2.05, 4.69) is 52.2 Å². The average molecular weight is 306 g/mol. The van der Waals surface area contributed by atoms with Crippen LogP contribution in [0.25, 0.3) is 0 Å². The lowest BCUT2D eigenvalue weighted by atomic mass is 10.00. The predicted octanol–water partition coefficient (Wildman–Crippen LogP) is 4.02. The topological polar surface area (TPSA) is 26.3 Å². The van der Waals surface area contributed by atoms with E-state index in [0.29, 0.717) is 6.61 Å². The molecule has 22 heavy (non-hydrogen) atoms. The fourth-order valence-electron chi connectivity index (χ4n) is 2.61. The smallest absolute Gasteiger partial charge is 0.309 e. The first-order valence-corrected chi connectivity index (χ1v) is 8.51. The molecule has 0 aromatic heterocycles. The summed E-state index contributed by atoms with van der Waals surface area (Å²) in [7, 11) is 4.35. The predicted molar refractivity (Wildman–Crippen MR) is 91.4 cm³/mol. The maximum absolute atomic E-state index is 12.1. The average Bonchev–Trinajstić information content (AvgIpc) is 2.48. The molecule has 1 unspecified atom stereocenters. The Morgan fingerprint density at radius 3 is 2.45 bits per heavy atom. The van der Waals surface area contributed by atoms with Gasteiger partial charge in [0.15, 0.2) is 0 Å².